The Bertz CT molecular complexity index is 6990. The Labute approximate surface area is 590 Å². The highest BCUT2D eigenvalue weighted by Gasteiger charge is 2.38. The largest absolute Gasteiger partial charge is 0.458 e. The van der Waals surface area contributed by atoms with E-state index in [1.807, 2.05) is 185 Å². The molecule has 6 heterocycles. The Morgan fingerprint density at radius 3 is 1.87 bits per heavy atom. The summed E-state index contributed by atoms with van der Waals surface area (Å²) in [4.78, 5) is 4.94. The van der Waals surface area contributed by atoms with Crippen molar-refractivity contribution in [3.8, 4) is 90.0 Å². The van der Waals surface area contributed by atoms with Crippen molar-refractivity contribution in [2.24, 2.45) is 0 Å². The lowest BCUT2D eigenvalue weighted by Crippen LogP contribution is -2.33. The summed E-state index contributed by atoms with van der Waals surface area (Å²) in [7, 11) is 0. The van der Waals surface area contributed by atoms with Gasteiger partial charge < -0.3 is 13.7 Å². The summed E-state index contributed by atoms with van der Waals surface area (Å²) in [6.45, 7) is -10.5. The average Bonchev–Trinajstić information content (AvgIpc) is 0.768. The Kier molecular flexibility index (Phi) is 8.79. The van der Waals surface area contributed by atoms with E-state index in [1.54, 1.807) is 12.1 Å². The number of fused-ring (bicyclic) bond motifs is 17. The van der Waals surface area contributed by atoms with E-state index >= 15 is 0 Å². The molecular weight excluding hydrogens is 1180 g/mol. The van der Waals surface area contributed by atoms with Gasteiger partial charge in [0, 0.05) is 66.5 Å². The van der Waals surface area contributed by atoms with Gasteiger partial charge in [0.1, 0.15) is 28.5 Å². The molecule has 5 aromatic heterocycles. The normalized spacial score (nSPS) is 18.4. The molecule has 0 amide bonds. The van der Waals surface area contributed by atoms with Gasteiger partial charge in [-0.25, -0.2) is 4.98 Å². The van der Waals surface area contributed by atoms with Crippen LogP contribution in [0.3, 0.4) is 0 Å². The topological polar surface area (TPSA) is 53.9 Å². The molecule has 0 saturated carbocycles. The van der Waals surface area contributed by atoms with E-state index in [0.29, 0.717) is 73.0 Å². The molecule has 17 aromatic rings. The van der Waals surface area contributed by atoms with Crippen molar-refractivity contribution in [3.63, 3.8) is 0 Å². The van der Waals surface area contributed by atoms with Crippen LogP contribution >= 0.6 is 0 Å². The molecule has 466 valence electrons. The zero-order valence-electron chi connectivity index (χ0n) is 71.7. The first kappa shape index (κ1) is 40.7. The first-order valence-corrected chi connectivity index (χ1v) is 32.3. The Morgan fingerprint density at radius 2 is 1.10 bits per heavy atom. The van der Waals surface area contributed by atoms with Crippen LogP contribution in [0.15, 0.2) is 271 Å². The predicted octanol–water partition coefficient (Wildman–Crippen LogP) is 23.3. The number of hydrogen-bond acceptors (Lipinski definition) is 3. The number of benzene rings is 12. The third kappa shape index (κ3) is 8.87. The molecule has 0 atom stereocenters. The number of furan rings is 1. The third-order valence-corrected chi connectivity index (χ3v) is 19.4. The van der Waals surface area contributed by atoms with Crippen molar-refractivity contribution in [2.45, 2.75) is 77.2 Å². The van der Waals surface area contributed by atoms with Crippen molar-refractivity contribution in [3.05, 3.63) is 290 Å². The summed E-state index contributed by atoms with van der Waals surface area (Å²) in [6, 6.07) is 75.0. The molecule has 0 unspecified atom stereocenters. The van der Waals surface area contributed by atoms with Gasteiger partial charge in [0.05, 0.1) is 54.3 Å². The quantitative estimate of drug-likeness (QED) is 0.118. The molecule has 0 N–H and O–H groups in total. The molecule has 7 heteroatoms. The highest BCUT2D eigenvalue weighted by atomic mass is 16.5. The maximum absolute atomic E-state index is 10.4. The fraction of sp³-hybridized carbons (Fsp3) is 0.133. The highest BCUT2D eigenvalue weighted by molar-refractivity contribution is 6.12. The third-order valence-electron chi connectivity index (χ3n) is 19.4. The van der Waals surface area contributed by atoms with E-state index in [-0.39, 0.29) is 11.0 Å². The minimum Gasteiger partial charge on any atom is -0.458 e. The monoisotopic (exact) mass is 1270 g/mol. The number of pyridine rings is 1. The second-order valence-electron chi connectivity index (χ2n) is 26.4. The molecule has 0 fully saturated rings. The smallest absolute Gasteiger partial charge is 0.269 e. The van der Waals surface area contributed by atoms with Crippen molar-refractivity contribution in [1.29, 1.82) is 0 Å². The minimum absolute atomic E-state index is 0.157. The van der Waals surface area contributed by atoms with E-state index in [1.165, 1.54) is 6.07 Å². The summed E-state index contributed by atoms with van der Waals surface area (Å²) >= 11 is 0. The van der Waals surface area contributed by atoms with Crippen molar-refractivity contribution < 1.29 is 39.8 Å². The molecule has 1 aliphatic heterocycles. The van der Waals surface area contributed by atoms with Gasteiger partial charge in [-0.1, -0.05) is 206 Å². The molecule has 7 nitrogen and oxygen atoms in total. The fourth-order valence-electron chi connectivity index (χ4n) is 14.8. The lowest BCUT2D eigenvalue weighted by molar-refractivity contribution is -0.571. The maximum atomic E-state index is 10.4. The van der Waals surface area contributed by atoms with Crippen LogP contribution in [-0.2, 0) is 16.2 Å². The molecular formula is C90H69N5O2. The van der Waals surface area contributed by atoms with Gasteiger partial charge in [-0.3, -0.25) is 13.7 Å². The van der Waals surface area contributed by atoms with Crippen LogP contribution < -0.4 is 9.30 Å². The molecule has 0 bridgehead atoms. The number of aromatic nitrogens is 5. The van der Waals surface area contributed by atoms with Crippen LogP contribution in [0.2, 0.25) is 0 Å². The van der Waals surface area contributed by atoms with E-state index < -0.39 is 85.8 Å². The maximum Gasteiger partial charge on any atom is 0.269 e. The van der Waals surface area contributed by atoms with Gasteiger partial charge in [0.25, 0.3) is 6.33 Å². The molecule has 1 aliphatic carbocycles. The fourth-order valence-corrected chi connectivity index (χ4v) is 14.8. The van der Waals surface area contributed by atoms with E-state index in [0.717, 1.165) is 88.0 Å². The van der Waals surface area contributed by atoms with Crippen molar-refractivity contribution in [1.82, 2.24) is 18.7 Å². The summed E-state index contributed by atoms with van der Waals surface area (Å²) in [5, 5.41) is 5.73. The van der Waals surface area contributed by atoms with Crippen LogP contribution in [0.1, 0.15) is 104 Å². The number of nitrogens with zero attached hydrogens (tertiary/aromatic N) is 5. The molecule has 12 aromatic carbocycles. The second-order valence-corrected chi connectivity index (χ2v) is 26.4. The Morgan fingerprint density at radius 1 is 0.485 bits per heavy atom. The molecule has 2 aliphatic rings. The number of rotatable bonds is 7. The number of ether oxygens (including phenoxy) is 1. The predicted molar refractivity (Wildman–Crippen MR) is 399 cm³/mol. The van der Waals surface area contributed by atoms with Crippen molar-refractivity contribution >= 4 is 76.6 Å². The number of hydrogen-bond donors (Lipinski definition) is 0. The van der Waals surface area contributed by atoms with Gasteiger partial charge in [-0.05, 0) is 198 Å². The number of imidazole rings is 1. The Balaban J connectivity index is 0.910. The first-order valence-electron chi connectivity index (χ1n) is 41.8. The van der Waals surface area contributed by atoms with Gasteiger partial charge >= 0.3 is 0 Å². The summed E-state index contributed by atoms with van der Waals surface area (Å²) < 4.78 is 199. The average molecular weight is 1270 g/mol. The van der Waals surface area contributed by atoms with Gasteiger partial charge in [-0.15, -0.1) is 0 Å². The van der Waals surface area contributed by atoms with E-state index in [2.05, 4.69) is 90.8 Å². The van der Waals surface area contributed by atoms with Gasteiger partial charge in [0.2, 0.25) is 0 Å². The van der Waals surface area contributed by atoms with E-state index in [4.69, 9.17) is 30.6 Å². The molecule has 19 rings (SSSR count). The first-order chi connectivity index (χ1) is 55.0. The van der Waals surface area contributed by atoms with Crippen molar-refractivity contribution in [2.75, 3.05) is 0 Å². The summed E-state index contributed by atoms with van der Waals surface area (Å²) in [5.74, 6) is 1.80. The Hall–Kier alpha value is -11.5. The van der Waals surface area contributed by atoms with Crippen LogP contribution in [0.4, 0.5) is 0 Å². The molecule has 0 radical (unpaired) electrons. The summed E-state index contributed by atoms with van der Waals surface area (Å²) in [5.41, 5.74) is 1.52. The lowest BCUT2D eigenvalue weighted by Gasteiger charge is -2.42. The van der Waals surface area contributed by atoms with E-state index in [9.17, 15) is 9.60 Å². The summed E-state index contributed by atoms with van der Waals surface area (Å²) in [6.07, 6.45) is -3.25. The molecule has 0 saturated heterocycles. The molecule has 97 heavy (non-hydrogen) atoms. The zero-order chi connectivity index (χ0) is 81.4. The standard InChI is InChI=1S/C90H69N5O2/c1-88(2,3)59-42-45-91-85(51-59)95-79-31-16-12-26-68(79)69-39-37-62(53-81(69)95)96-61-21-18-20-60(52-61)92-54-93-86-71(28-19-32-80(86)94-77-29-14-10-24-66(77)67-25-11-15-30-78(67)94)72-46-55(57-35-40-75-76(49-57)90(6,7)44-43-89(75,4)5)34-38-65(72)63-22-8-9-23-64(63)74-48-58(50-82(92)87(74)93)56-36-41-84-73(47-56)70-27-13-17-33-83(70)97-84/h8-42,45-53H,43-44H2,1-7H3/i4D3,5D3,6D3,7D3,35D,40D,43D2,44D2,49D. The SMILES string of the molecule is [2H]c1c([2H])c2c(c([2H])c1-c1ccc3c(c1)-c1cccc(-n4c5ccccc5c5ccccc54)c1-[n+]1[c-]n(-c4cccc(Oc5ccc6c7ccccc7n(-c7cc(C(C)(C)C)ccn7)c6c5)c4)c4cc(-c5ccc6oc7ccccc7c6c5)cc(c41)-c1ccccc1-3)C(C([2H])([2H])[2H])(C([2H])([2H])[2H])C([2H])([2H])C([2H])([2H])C2(C([2H])([2H])[2H])C([2H])([2H])[2H]. The lowest BCUT2D eigenvalue weighted by atomic mass is 9.63. The van der Waals surface area contributed by atoms with Crippen LogP contribution in [0, 0.1) is 6.33 Å². The zero-order valence-corrected chi connectivity index (χ0v) is 52.7. The van der Waals surface area contributed by atoms with Crippen LogP contribution in [0.5, 0.6) is 11.5 Å². The van der Waals surface area contributed by atoms with Crippen LogP contribution in [-0.4, -0.2) is 18.7 Å². The minimum atomic E-state index is -4.53. The molecule has 0 spiro atoms. The second kappa shape index (κ2) is 21.0. The number of para-hydroxylation sites is 5. The van der Waals surface area contributed by atoms with Crippen LogP contribution in [0.25, 0.3) is 155 Å². The van der Waals surface area contributed by atoms with Gasteiger partial charge in [0.15, 0.2) is 0 Å². The highest BCUT2D eigenvalue weighted by Crippen LogP contribution is 2.51. The van der Waals surface area contributed by atoms with Gasteiger partial charge in [-0.2, -0.15) is 0 Å².